The number of ether oxygens (including phenoxy) is 1. The summed E-state index contributed by atoms with van der Waals surface area (Å²) in [5, 5.41) is 4.61. The molecular formula is C14H24N2OS. The van der Waals surface area contributed by atoms with Crippen LogP contribution in [0.15, 0.2) is 0 Å². The van der Waals surface area contributed by atoms with Crippen LogP contribution in [0.2, 0.25) is 0 Å². The van der Waals surface area contributed by atoms with Crippen LogP contribution in [0, 0.1) is 6.92 Å². The van der Waals surface area contributed by atoms with Crippen molar-refractivity contribution in [1.82, 2.24) is 10.3 Å². The summed E-state index contributed by atoms with van der Waals surface area (Å²) in [7, 11) is 0. The predicted octanol–water partition coefficient (Wildman–Crippen LogP) is 3.37. The van der Waals surface area contributed by atoms with Gasteiger partial charge in [-0.25, -0.2) is 4.98 Å². The molecule has 1 atom stereocenters. The van der Waals surface area contributed by atoms with Gasteiger partial charge in [0.25, 0.3) is 0 Å². The van der Waals surface area contributed by atoms with Gasteiger partial charge in [0.2, 0.25) is 0 Å². The van der Waals surface area contributed by atoms with Crippen molar-refractivity contribution < 1.29 is 4.74 Å². The number of hydrogen-bond acceptors (Lipinski definition) is 4. The normalized spacial score (nSPS) is 24.4. The molecule has 0 radical (unpaired) electrons. The van der Waals surface area contributed by atoms with Crippen molar-refractivity contribution in [2.24, 2.45) is 0 Å². The monoisotopic (exact) mass is 268 g/mol. The van der Waals surface area contributed by atoms with Gasteiger partial charge in [-0.3, -0.25) is 0 Å². The Hall–Kier alpha value is -0.450. The minimum atomic E-state index is -0.142. The number of nitrogens with one attached hydrogen (secondary N) is 1. The third kappa shape index (κ3) is 3.11. The number of aromatic nitrogens is 1. The highest BCUT2D eigenvalue weighted by Gasteiger charge is 2.33. The average molecular weight is 268 g/mol. The van der Waals surface area contributed by atoms with Gasteiger partial charge < -0.3 is 10.1 Å². The van der Waals surface area contributed by atoms with Gasteiger partial charge >= 0.3 is 0 Å². The van der Waals surface area contributed by atoms with Crippen molar-refractivity contribution in [3.05, 3.63) is 15.6 Å². The van der Waals surface area contributed by atoms with E-state index in [4.69, 9.17) is 9.72 Å². The van der Waals surface area contributed by atoms with Crippen molar-refractivity contribution in [1.29, 1.82) is 0 Å². The highest BCUT2D eigenvalue weighted by Crippen LogP contribution is 2.37. The second kappa shape index (κ2) is 6.13. The van der Waals surface area contributed by atoms with Crippen molar-refractivity contribution in [3.8, 4) is 0 Å². The molecule has 1 aliphatic heterocycles. The summed E-state index contributed by atoms with van der Waals surface area (Å²) in [6, 6.07) is 0. The Labute approximate surface area is 114 Å². The van der Waals surface area contributed by atoms with E-state index in [1.807, 2.05) is 11.3 Å². The first kappa shape index (κ1) is 14.0. The standard InChI is InChI=1S/C14H24N2OS/c1-4-8-15-10-12-11(2)16-13(18-12)14(3)7-5-6-9-17-14/h15H,4-10H2,1-3H3. The van der Waals surface area contributed by atoms with Gasteiger partial charge in [0.05, 0.1) is 5.69 Å². The largest absolute Gasteiger partial charge is 0.368 e. The topological polar surface area (TPSA) is 34.1 Å². The number of thiazole rings is 1. The molecule has 0 spiro atoms. The van der Waals surface area contributed by atoms with Crippen LogP contribution in [0.4, 0.5) is 0 Å². The zero-order valence-electron chi connectivity index (χ0n) is 11.7. The van der Waals surface area contributed by atoms with E-state index < -0.39 is 0 Å². The van der Waals surface area contributed by atoms with Crippen molar-refractivity contribution in [2.45, 2.75) is 58.6 Å². The van der Waals surface area contributed by atoms with Crippen LogP contribution in [-0.2, 0) is 16.9 Å². The number of hydrogen-bond donors (Lipinski definition) is 1. The van der Waals surface area contributed by atoms with Gasteiger partial charge in [0.15, 0.2) is 0 Å². The lowest BCUT2D eigenvalue weighted by atomic mass is 9.97. The summed E-state index contributed by atoms with van der Waals surface area (Å²) in [6.45, 7) is 9.37. The Morgan fingerprint density at radius 2 is 2.28 bits per heavy atom. The molecule has 0 saturated carbocycles. The van der Waals surface area contributed by atoms with Crippen molar-refractivity contribution >= 4 is 11.3 Å². The molecule has 1 aliphatic rings. The average Bonchev–Trinajstić information content (AvgIpc) is 2.73. The van der Waals surface area contributed by atoms with Crippen LogP contribution < -0.4 is 5.32 Å². The molecule has 2 rings (SSSR count). The summed E-state index contributed by atoms with van der Waals surface area (Å²) < 4.78 is 5.97. The zero-order valence-corrected chi connectivity index (χ0v) is 12.5. The van der Waals surface area contributed by atoms with E-state index in [0.717, 1.165) is 36.8 Å². The summed E-state index contributed by atoms with van der Waals surface area (Å²) in [5.74, 6) is 0. The smallest absolute Gasteiger partial charge is 0.125 e. The summed E-state index contributed by atoms with van der Waals surface area (Å²) in [4.78, 5) is 6.09. The highest BCUT2D eigenvalue weighted by atomic mass is 32.1. The maximum absolute atomic E-state index is 5.97. The first-order chi connectivity index (χ1) is 8.65. The number of nitrogens with zero attached hydrogens (tertiary/aromatic N) is 1. The molecule has 1 aromatic heterocycles. The van der Waals surface area contributed by atoms with E-state index in [1.54, 1.807) is 0 Å². The van der Waals surface area contributed by atoms with E-state index in [1.165, 1.54) is 24.1 Å². The Morgan fingerprint density at radius 3 is 2.94 bits per heavy atom. The second-order valence-electron chi connectivity index (χ2n) is 5.24. The minimum Gasteiger partial charge on any atom is -0.368 e. The second-order valence-corrected chi connectivity index (χ2v) is 6.32. The Kier molecular flexibility index (Phi) is 4.76. The molecule has 1 fully saturated rings. The molecule has 0 bridgehead atoms. The lowest BCUT2D eigenvalue weighted by Gasteiger charge is -2.31. The summed E-state index contributed by atoms with van der Waals surface area (Å²) in [5.41, 5.74) is 1.02. The fraction of sp³-hybridized carbons (Fsp3) is 0.786. The van der Waals surface area contributed by atoms with E-state index in [-0.39, 0.29) is 5.60 Å². The predicted molar refractivity (Wildman–Crippen MR) is 76.0 cm³/mol. The number of rotatable bonds is 5. The molecule has 0 aromatic carbocycles. The molecule has 2 heterocycles. The van der Waals surface area contributed by atoms with Crippen LogP contribution in [-0.4, -0.2) is 18.1 Å². The molecule has 0 amide bonds. The van der Waals surface area contributed by atoms with Crippen molar-refractivity contribution in [2.75, 3.05) is 13.2 Å². The molecule has 4 heteroatoms. The fourth-order valence-electron chi connectivity index (χ4n) is 2.30. The van der Waals surface area contributed by atoms with Gasteiger partial charge in [-0.05, 0) is 46.1 Å². The number of aryl methyl sites for hydroxylation is 1. The maximum Gasteiger partial charge on any atom is 0.125 e. The van der Waals surface area contributed by atoms with Crippen LogP contribution in [0.3, 0.4) is 0 Å². The fourth-order valence-corrected chi connectivity index (χ4v) is 3.46. The molecule has 1 N–H and O–H groups in total. The summed E-state index contributed by atoms with van der Waals surface area (Å²) >= 11 is 1.82. The van der Waals surface area contributed by atoms with Gasteiger partial charge in [-0.15, -0.1) is 11.3 Å². The third-order valence-electron chi connectivity index (χ3n) is 3.53. The third-order valence-corrected chi connectivity index (χ3v) is 4.93. The first-order valence-corrected chi connectivity index (χ1v) is 7.79. The highest BCUT2D eigenvalue weighted by molar-refractivity contribution is 7.11. The lowest BCUT2D eigenvalue weighted by Crippen LogP contribution is -2.29. The zero-order chi connectivity index (χ0) is 13.0. The Bertz CT molecular complexity index is 383. The Balaban J connectivity index is 2.07. The van der Waals surface area contributed by atoms with E-state index in [9.17, 15) is 0 Å². The van der Waals surface area contributed by atoms with Crippen LogP contribution in [0.5, 0.6) is 0 Å². The van der Waals surface area contributed by atoms with Crippen LogP contribution in [0.1, 0.15) is 55.1 Å². The minimum absolute atomic E-state index is 0.142. The molecule has 1 unspecified atom stereocenters. The van der Waals surface area contributed by atoms with Crippen molar-refractivity contribution in [3.63, 3.8) is 0 Å². The van der Waals surface area contributed by atoms with Crippen LogP contribution in [0.25, 0.3) is 0 Å². The Morgan fingerprint density at radius 1 is 1.44 bits per heavy atom. The molecule has 102 valence electrons. The van der Waals surface area contributed by atoms with Crippen LogP contribution >= 0.6 is 11.3 Å². The lowest BCUT2D eigenvalue weighted by molar-refractivity contribution is -0.0702. The molecule has 0 aliphatic carbocycles. The molecule has 1 saturated heterocycles. The first-order valence-electron chi connectivity index (χ1n) is 6.97. The SMILES string of the molecule is CCCNCc1sc(C2(C)CCCCO2)nc1C. The van der Waals surface area contributed by atoms with Gasteiger partial charge in [0.1, 0.15) is 10.6 Å². The maximum atomic E-state index is 5.97. The molecule has 1 aromatic rings. The van der Waals surface area contributed by atoms with Gasteiger partial charge in [0, 0.05) is 18.0 Å². The molecular weight excluding hydrogens is 244 g/mol. The molecule has 3 nitrogen and oxygen atoms in total. The van der Waals surface area contributed by atoms with Gasteiger partial charge in [-0.1, -0.05) is 6.92 Å². The summed E-state index contributed by atoms with van der Waals surface area (Å²) in [6.07, 6.45) is 4.71. The van der Waals surface area contributed by atoms with E-state index in [0.29, 0.717) is 0 Å². The van der Waals surface area contributed by atoms with E-state index in [2.05, 4.69) is 26.1 Å². The van der Waals surface area contributed by atoms with Gasteiger partial charge in [-0.2, -0.15) is 0 Å². The molecule has 18 heavy (non-hydrogen) atoms. The quantitative estimate of drug-likeness (QED) is 0.831. The van der Waals surface area contributed by atoms with E-state index >= 15 is 0 Å².